The monoisotopic (exact) mass is 394 g/mol. The topological polar surface area (TPSA) is 93.2 Å². The third kappa shape index (κ3) is 5.35. The van der Waals surface area contributed by atoms with Gasteiger partial charge in [0.25, 0.3) is 5.91 Å². The van der Waals surface area contributed by atoms with E-state index in [-0.39, 0.29) is 11.5 Å². The predicted octanol–water partition coefficient (Wildman–Crippen LogP) is 3.31. The summed E-state index contributed by atoms with van der Waals surface area (Å²) < 4.78 is 18.2. The molecule has 0 aliphatic carbocycles. The lowest BCUT2D eigenvalue weighted by Gasteiger charge is -2.07. The maximum absolute atomic E-state index is 13.6. The Kier molecular flexibility index (Phi) is 6.47. The molecule has 29 heavy (non-hydrogen) atoms. The van der Waals surface area contributed by atoms with Gasteiger partial charge in [0.05, 0.1) is 12.7 Å². The minimum Gasteiger partial charge on any atom is -0.465 e. The minimum atomic E-state index is -0.452. The quantitative estimate of drug-likeness (QED) is 0.597. The van der Waals surface area contributed by atoms with Gasteiger partial charge in [-0.3, -0.25) is 4.79 Å². The van der Waals surface area contributed by atoms with Crippen molar-refractivity contribution in [3.8, 4) is 0 Å². The van der Waals surface area contributed by atoms with Crippen molar-refractivity contribution in [1.29, 1.82) is 0 Å². The number of hydrogen-bond donors (Lipinski definition) is 2. The number of esters is 1. The van der Waals surface area contributed by atoms with Gasteiger partial charge in [-0.05, 0) is 54.4 Å². The number of carbonyl (C=O) groups excluding carboxylic acids is 2. The van der Waals surface area contributed by atoms with Crippen molar-refractivity contribution in [1.82, 2.24) is 10.2 Å². The van der Waals surface area contributed by atoms with Crippen molar-refractivity contribution in [3.63, 3.8) is 0 Å². The molecule has 1 heterocycles. The van der Waals surface area contributed by atoms with Gasteiger partial charge in [-0.1, -0.05) is 18.2 Å². The van der Waals surface area contributed by atoms with Crippen molar-refractivity contribution in [3.05, 3.63) is 83.3 Å². The Hall–Kier alpha value is -3.81. The molecule has 148 valence electrons. The van der Waals surface area contributed by atoms with Crippen molar-refractivity contribution in [2.45, 2.75) is 6.42 Å². The zero-order valence-electron chi connectivity index (χ0n) is 15.7. The molecule has 0 atom stereocenters. The molecule has 0 spiro atoms. The zero-order valence-corrected chi connectivity index (χ0v) is 15.7. The van der Waals surface area contributed by atoms with E-state index in [1.807, 2.05) is 0 Å². The van der Waals surface area contributed by atoms with Crippen molar-refractivity contribution in [2.75, 3.05) is 24.3 Å². The number of halogens is 1. The van der Waals surface area contributed by atoms with E-state index in [0.717, 1.165) is 0 Å². The Morgan fingerprint density at radius 2 is 1.76 bits per heavy atom. The number of ether oxygens (including phenoxy) is 1. The summed E-state index contributed by atoms with van der Waals surface area (Å²) in [5.74, 6) is -0.639. The van der Waals surface area contributed by atoms with Gasteiger partial charge in [0.1, 0.15) is 11.6 Å². The molecule has 0 bridgehead atoms. The standard InChI is InChI=1S/C21H19FN4O3/c1-29-21(28)15-6-8-16(9-7-15)24-20(27)18-10-11-19(26-25-18)23-13-12-14-4-2-3-5-17(14)22/h2-11H,12-13H2,1H3,(H,23,26)(H,24,27). The lowest BCUT2D eigenvalue weighted by atomic mass is 10.1. The first-order valence-corrected chi connectivity index (χ1v) is 8.87. The van der Waals surface area contributed by atoms with E-state index < -0.39 is 11.9 Å². The summed E-state index contributed by atoms with van der Waals surface area (Å²) >= 11 is 0. The van der Waals surface area contributed by atoms with Crippen LogP contribution < -0.4 is 10.6 Å². The van der Waals surface area contributed by atoms with Crippen LogP contribution in [-0.2, 0) is 11.2 Å². The normalized spacial score (nSPS) is 10.3. The fourth-order valence-electron chi connectivity index (χ4n) is 2.58. The summed E-state index contributed by atoms with van der Waals surface area (Å²) in [5.41, 5.74) is 1.65. The van der Waals surface area contributed by atoms with E-state index in [4.69, 9.17) is 0 Å². The van der Waals surface area contributed by atoms with E-state index in [9.17, 15) is 14.0 Å². The van der Waals surface area contributed by atoms with Crippen LogP contribution in [-0.4, -0.2) is 35.7 Å². The summed E-state index contributed by atoms with van der Waals surface area (Å²) in [6, 6.07) is 16.0. The van der Waals surface area contributed by atoms with Gasteiger partial charge in [-0.2, -0.15) is 0 Å². The summed E-state index contributed by atoms with van der Waals surface area (Å²) in [4.78, 5) is 23.7. The average Bonchev–Trinajstić information content (AvgIpc) is 2.75. The highest BCUT2D eigenvalue weighted by Gasteiger charge is 2.10. The molecule has 2 N–H and O–H groups in total. The van der Waals surface area contributed by atoms with E-state index in [1.54, 1.807) is 48.5 Å². The first-order chi connectivity index (χ1) is 14.1. The fraction of sp³-hybridized carbons (Fsp3) is 0.143. The SMILES string of the molecule is COC(=O)c1ccc(NC(=O)c2ccc(NCCc3ccccc3F)nn2)cc1. The number of carbonyl (C=O) groups is 2. The molecule has 0 saturated carbocycles. The number of nitrogens with zero attached hydrogens (tertiary/aromatic N) is 2. The van der Waals surface area contributed by atoms with Gasteiger partial charge in [0.15, 0.2) is 5.69 Å². The smallest absolute Gasteiger partial charge is 0.337 e. The first kappa shape index (κ1) is 19.9. The number of nitrogens with one attached hydrogen (secondary N) is 2. The Bertz CT molecular complexity index is 992. The lowest BCUT2D eigenvalue weighted by molar-refractivity contribution is 0.0600. The molecule has 0 radical (unpaired) electrons. The van der Waals surface area contributed by atoms with Gasteiger partial charge in [0, 0.05) is 12.2 Å². The number of amides is 1. The van der Waals surface area contributed by atoms with Crippen LogP contribution in [0.3, 0.4) is 0 Å². The molecular formula is C21H19FN4O3. The maximum Gasteiger partial charge on any atom is 0.337 e. The van der Waals surface area contributed by atoms with Crippen LogP contribution in [0.2, 0.25) is 0 Å². The van der Waals surface area contributed by atoms with Crippen LogP contribution in [0.15, 0.2) is 60.7 Å². The molecular weight excluding hydrogens is 375 g/mol. The summed E-state index contributed by atoms with van der Waals surface area (Å²) in [7, 11) is 1.30. The second kappa shape index (κ2) is 9.41. The molecule has 8 heteroatoms. The van der Waals surface area contributed by atoms with Gasteiger partial charge in [-0.25, -0.2) is 9.18 Å². The van der Waals surface area contributed by atoms with Gasteiger partial charge >= 0.3 is 5.97 Å². The number of aromatic nitrogens is 2. The van der Waals surface area contributed by atoms with Crippen molar-refractivity contribution >= 4 is 23.4 Å². The summed E-state index contributed by atoms with van der Waals surface area (Å²) in [6.45, 7) is 0.480. The third-order valence-electron chi connectivity index (χ3n) is 4.12. The molecule has 1 amide bonds. The largest absolute Gasteiger partial charge is 0.465 e. The van der Waals surface area contributed by atoms with Gasteiger partial charge in [-0.15, -0.1) is 10.2 Å². The molecule has 2 aromatic carbocycles. The van der Waals surface area contributed by atoms with Crippen LogP contribution >= 0.6 is 0 Å². The Morgan fingerprint density at radius 3 is 2.41 bits per heavy atom. The summed E-state index contributed by atoms with van der Waals surface area (Å²) in [5, 5.41) is 13.6. The third-order valence-corrected chi connectivity index (χ3v) is 4.12. The highest BCUT2D eigenvalue weighted by Crippen LogP contribution is 2.12. The van der Waals surface area contributed by atoms with Crippen molar-refractivity contribution < 1.29 is 18.7 Å². The van der Waals surface area contributed by atoms with Crippen molar-refractivity contribution in [2.24, 2.45) is 0 Å². The van der Waals surface area contributed by atoms with E-state index in [0.29, 0.717) is 35.6 Å². The Labute approximate surface area is 166 Å². The maximum atomic E-state index is 13.6. The number of benzene rings is 2. The van der Waals surface area contributed by atoms with Crippen LogP contribution in [0.25, 0.3) is 0 Å². The molecule has 3 rings (SSSR count). The highest BCUT2D eigenvalue weighted by atomic mass is 19.1. The number of methoxy groups -OCH3 is 1. The fourth-order valence-corrected chi connectivity index (χ4v) is 2.58. The lowest BCUT2D eigenvalue weighted by Crippen LogP contribution is -2.15. The highest BCUT2D eigenvalue weighted by molar-refractivity contribution is 6.03. The van der Waals surface area contributed by atoms with Crippen LogP contribution in [0.4, 0.5) is 15.9 Å². The van der Waals surface area contributed by atoms with Crippen LogP contribution in [0.5, 0.6) is 0 Å². The molecule has 0 fully saturated rings. The number of anilines is 2. The Morgan fingerprint density at radius 1 is 1.00 bits per heavy atom. The Balaban J connectivity index is 1.53. The molecule has 0 aliphatic heterocycles. The first-order valence-electron chi connectivity index (χ1n) is 8.87. The second-order valence-electron chi connectivity index (χ2n) is 6.10. The number of hydrogen-bond acceptors (Lipinski definition) is 6. The van der Waals surface area contributed by atoms with Crippen LogP contribution in [0.1, 0.15) is 26.4 Å². The summed E-state index contributed by atoms with van der Waals surface area (Å²) in [6.07, 6.45) is 0.498. The molecule has 0 unspecified atom stereocenters. The van der Waals surface area contributed by atoms with E-state index in [1.165, 1.54) is 19.2 Å². The second-order valence-corrected chi connectivity index (χ2v) is 6.10. The van der Waals surface area contributed by atoms with E-state index in [2.05, 4.69) is 25.6 Å². The minimum absolute atomic E-state index is 0.140. The molecule has 1 aromatic heterocycles. The molecule has 7 nitrogen and oxygen atoms in total. The predicted molar refractivity (Wildman–Crippen MR) is 106 cm³/mol. The van der Waals surface area contributed by atoms with Gasteiger partial charge < -0.3 is 15.4 Å². The molecule has 3 aromatic rings. The zero-order chi connectivity index (χ0) is 20.6. The van der Waals surface area contributed by atoms with Gasteiger partial charge in [0.2, 0.25) is 0 Å². The number of rotatable bonds is 7. The average molecular weight is 394 g/mol. The molecule has 0 aliphatic rings. The van der Waals surface area contributed by atoms with Crippen LogP contribution in [0, 0.1) is 5.82 Å². The van der Waals surface area contributed by atoms with E-state index >= 15 is 0 Å². The molecule has 0 saturated heterocycles.